The van der Waals surface area contributed by atoms with Gasteiger partial charge in [0.1, 0.15) is 4.90 Å². The summed E-state index contributed by atoms with van der Waals surface area (Å²) in [4.78, 5) is 12.0. The van der Waals surface area contributed by atoms with E-state index in [0.29, 0.717) is 0 Å². The van der Waals surface area contributed by atoms with E-state index in [9.17, 15) is 13.2 Å². The van der Waals surface area contributed by atoms with Crippen LogP contribution in [0.15, 0.2) is 23.1 Å². The molecule has 1 aliphatic rings. The number of carbonyl (C=O) groups excluding carboxylic acids is 1. The third-order valence-electron chi connectivity index (χ3n) is 4.75. The average molecular weight is 350 g/mol. The standard InChI is InChI=1S/C14H17Cl2NO3S/c1-13(2)12(14(13,3)4)17-11(18)8-5-6-9(15)10(7-8)21(16,19)20/h5-7,12H,1-4H3,(H,17,18). The Morgan fingerprint density at radius 1 is 1.19 bits per heavy atom. The van der Waals surface area contributed by atoms with Crippen LogP contribution in [0.4, 0.5) is 0 Å². The molecule has 0 unspecified atom stereocenters. The predicted molar refractivity (Wildman–Crippen MR) is 83.3 cm³/mol. The van der Waals surface area contributed by atoms with Gasteiger partial charge < -0.3 is 5.32 Å². The molecule has 1 fully saturated rings. The maximum Gasteiger partial charge on any atom is 0.262 e. The SMILES string of the molecule is CC1(C)C(NC(=O)c2ccc(Cl)c(S(=O)(=O)Cl)c2)C1(C)C. The van der Waals surface area contributed by atoms with E-state index in [-0.39, 0.29) is 38.3 Å². The number of nitrogens with one attached hydrogen (secondary N) is 1. The molecule has 0 saturated heterocycles. The van der Waals surface area contributed by atoms with Crippen LogP contribution in [0, 0.1) is 10.8 Å². The van der Waals surface area contributed by atoms with Crippen LogP contribution in [-0.2, 0) is 9.05 Å². The molecule has 21 heavy (non-hydrogen) atoms. The van der Waals surface area contributed by atoms with Crippen LogP contribution in [-0.4, -0.2) is 20.4 Å². The Bertz CT molecular complexity index is 697. The zero-order valence-electron chi connectivity index (χ0n) is 12.2. The van der Waals surface area contributed by atoms with Crippen molar-refractivity contribution in [3.05, 3.63) is 28.8 Å². The fourth-order valence-corrected chi connectivity index (χ4v) is 4.10. The summed E-state index contributed by atoms with van der Waals surface area (Å²) < 4.78 is 22.8. The van der Waals surface area contributed by atoms with Gasteiger partial charge in [-0.3, -0.25) is 4.79 Å². The van der Waals surface area contributed by atoms with Gasteiger partial charge in [0.25, 0.3) is 15.0 Å². The zero-order chi connectivity index (χ0) is 16.2. The van der Waals surface area contributed by atoms with Gasteiger partial charge in [0.15, 0.2) is 0 Å². The van der Waals surface area contributed by atoms with Crippen molar-refractivity contribution in [1.82, 2.24) is 5.32 Å². The quantitative estimate of drug-likeness (QED) is 0.850. The molecule has 2 rings (SSSR count). The van der Waals surface area contributed by atoms with Gasteiger partial charge in [0, 0.05) is 22.3 Å². The Kier molecular flexibility index (Phi) is 3.84. The summed E-state index contributed by atoms with van der Waals surface area (Å²) in [7, 11) is 1.32. The van der Waals surface area contributed by atoms with Crippen molar-refractivity contribution in [2.24, 2.45) is 10.8 Å². The lowest BCUT2D eigenvalue weighted by molar-refractivity contribution is 0.0943. The Labute approximate surface area is 134 Å². The number of carbonyl (C=O) groups is 1. The van der Waals surface area contributed by atoms with E-state index in [0.717, 1.165) is 0 Å². The summed E-state index contributed by atoms with van der Waals surface area (Å²) in [5, 5.41) is 2.92. The second-order valence-electron chi connectivity index (χ2n) is 6.43. The number of amides is 1. The first kappa shape index (κ1) is 16.6. The molecule has 0 heterocycles. The lowest BCUT2D eigenvalue weighted by atomic mass is 10.0. The Morgan fingerprint density at radius 3 is 2.14 bits per heavy atom. The average Bonchev–Trinajstić information content (AvgIpc) is 2.70. The van der Waals surface area contributed by atoms with Crippen LogP contribution in [0.5, 0.6) is 0 Å². The van der Waals surface area contributed by atoms with Gasteiger partial charge in [0.2, 0.25) is 0 Å². The summed E-state index contributed by atoms with van der Waals surface area (Å²) in [5.41, 5.74) is 0.213. The van der Waals surface area contributed by atoms with Crippen LogP contribution in [0.25, 0.3) is 0 Å². The molecule has 0 aromatic heterocycles. The van der Waals surface area contributed by atoms with Gasteiger partial charge in [-0.1, -0.05) is 39.3 Å². The normalized spacial score (nSPS) is 20.1. The first-order valence-electron chi connectivity index (χ1n) is 6.44. The van der Waals surface area contributed by atoms with E-state index in [1.807, 2.05) is 0 Å². The van der Waals surface area contributed by atoms with Gasteiger partial charge >= 0.3 is 0 Å². The number of hydrogen-bond donors (Lipinski definition) is 1. The van der Waals surface area contributed by atoms with Crippen molar-refractivity contribution in [2.75, 3.05) is 0 Å². The maximum absolute atomic E-state index is 12.3. The predicted octanol–water partition coefficient (Wildman–Crippen LogP) is 3.43. The first-order valence-corrected chi connectivity index (χ1v) is 9.13. The van der Waals surface area contributed by atoms with E-state index < -0.39 is 9.05 Å². The van der Waals surface area contributed by atoms with Crippen molar-refractivity contribution >= 4 is 37.2 Å². The van der Waals surface area contributed by atoms with Gasteiger partial charge in [-0.2, -0.15) is 0 Å². The monoisotopic (exact) mass is 349 g/mol. The zero-order valence-corrected chi connectivity index (χ0v) is 14.5. The molecular weight excluding hydrogens is 333 g/mol. The summed E-state index contributed by atoms with van der Waals surface area (Å²) in [6.45, 7) is 8.31. The van der Waals surface area contributed by atoms with Crippen molar-refractivity contribution in [3.63, 3.8) is 0 Å². The van der Waals surface area contributed by atoms with Crippen LogP contribution < -0.4 is 5.32 Å². The largest absolute Gasteiger partial charge is 0.348 e. The maximum atomic E-state index is 12.3. The Morgan fingerprint density at radius 2 is 1.71 bits per heavy atom. The fraction of sp³-hybridized carbons (Fsp3) is 0.500. The van der Waals surface area contributed by atoms with Crippen LogP contribution in [0.2, 0.25) is 5.02 Å². The smallest absolute Gasteiger partial charge is 0.262 e. The highest BCUT2D eigenvalue weighted by atomic mass is 35.7. The van der Waals surface area contributed by atoms with Crippen molar-refractivity contribution in [2.45, 2.75) is 38.6 Å². The molecule has 116 valence electrons. The van der Waals surface area contributed by atoms with Crippen LogP contribution >= 0.6 is 22.3 Å². The minimum Gasteiger partial charge on any atom is -0.348 e. The van der Waals surface area contributed by atoms with Crippen molar-refractivity contribution in [1.29, 1.82) is 0 Å². The topological polar surface area (TPSA) is 63.2 Å². The molecule has 1 saturated carbocycles. The van der Waals surface area contributed by atoms with Crippen LogP contribution in [0.3, 0.4) is 0 Å². The Balaban J connectivity index is 2.26. The second-order valence-corrected chi connectivity index (χ2v) is 9.37. The van der Waals surface area contributed by atoms with E-state index >= 15 is 0 Å². The third kappa shape index (κ3) is 2.79. The molecule has 0 bridgehead atoms. The minimum absolute atomic E-state index is 0.00350. The molecule has 1 aromatic rings. The second kappa shape index (κ2) is 4.86. The molecule has 0 aliphatic heterocycles. The third-order valence-corrected chi connectivity index (χ3v) is 6.56. The number of rotatable bonds is 3. The van der Waals surface area contributed by atoms with E-state index in [4.69, 9.17) is 22.3 Å². The molecule has 1 aliphatic carbocycles. The summed E-state index contributed by atoms with van der Waals surface area (Å²) >= 11 is 5.80. The number of hydrogen-bond acceptors (Lipinski definition) is 3. The Hall–Kier alpha value is -0.780. The molecule has 4 nitrogen and oxygen atoms in total. The van der Waals surface area contributed by atoms with E-state index in [2.05, 4.69) is 33.0 Å². The van der Waals surface area contributed by atoms with E-state index in [1.165, 1.54) is 18.2 Å². The highest BCUT2D eigenvalue weighted by molar-refractivity contribution is 8.13. The molecule has 1 N–H and O–H groups in total. The molecule has 7 heteroatoms. The van der Waals surface area contributed by atoms with Crippen molar-refractivity contribution < 1.29 is 13.2 Å². The van der Waals surface area contributed by atoms with Gasteiger partial charge in [-0.25, -0.2) is 8.42 Å². The van der Waals surface area contributed by atoms with Crippen LogP contribution in [0.1, 0.15) is 38.1 Å². The van der Waals surface area contributed by atoms with E-state index in [1.54, 1.807) is 0 Å². The summed E-state index contributed by atoms with van der Waals surface area (Å²) in [6.07, 6.45) is 0. The first-order chi connectivity index (χ1) is 9.39. The summed E-state index contributed by atoms with van der Waals surface area (Å²) in [5.74, 6) is -0.336. The molecular formula is C14H17Cl2NO3S. The van der Waals surface area contributed by atoms with Gasteiger partial charge in [0.05, 0.1) is 5.02 Å². The molecule has 0 atom stereocenters. The fourth-order valence-electron chi connectivity index (χ4n) is 2.60. The molecule has 0 spiro atoms. The molecule has 0 radical (unpaired) electrons. The molecule has 1 aromatic carbocycles. The highest BCUT2D eigenvalue weighted by Gasteiger charge is 2.65. The number of benzene rings is 1. The highest BCUT2D eigenvalue weighted by Crippen LogP contribution is 2.62. The van der Waals surface area contributed by atoms with Gasteiger partial charge in [-0.05, 0) is 29.0 Å². The lowest BCUT2D eigenvalue weighted by Gasteiger charge is -2.08. The summed E-state index contributed by atoms with van der Waals surface area (Å²) in [6, 6.07) is 4.06. The number of halogens is 2. The lowest BCUT2D eigenvalue weighted by Crippen LogP contribution is -2.29. The van der Waals surface area contributed by atoms with Gasteiger partial charge in [-0.15, -0.1) is 0 Å². The molecule has 1 amide bonds. The van der Waals surface area contributed by atoms with Crippen molar-refractivity contribution in [3.8, 4) is 0 Å². The minimum atomic E-state index is -3.99.